The van der Waals surface area contributed by atoms with Crippen molar-refractivity contribution in [2.75, 3.05) is 11.9 Å². The van der Waals surface area contributed by atoms with Gasteiger partial charge in [0.05, 0.1) is 22.2 Å². The molecule has 0 saturated carbocycles. The Morgan fingerprint density at radius 1 is 1.00 bits per heavy atom. The number of hydrogen-bond acceptors (Lipinski definition) is 7. The van der Waals surface area contributed by atoms with Crippen LogP contribution in [-0.2, 0) is 16.6 Å². The van der Waals surface area contributed by atoms with Crippen molar-refractivity contribution in [2.24, 2.45) is 11.5 Å². The van der Waals surface area contributed by atoms with E-state index in [9.17, 15) is 21.6 Å². The minimum Gasteiger partial charge on any atom is -0.406 e. The average molecular weight is 518 g/mol. The Hall–Kier alpha value is -4.37. The van der Waals surface area contributed by atoms with Gasteiger partial charge in [0.25, 0.3) is 10.0 Å². The zero-order valence-corrected chi connectivity index (χ0v) is 19.8. The average Bonchev–Trinajstić information content (AvgIpc) is 2.83. The molecule has 0 aliphatic carbocycles. The molecule has 0 aliphatic heterocycles. The summed E-state index contributed by atoms with van der Waals surface area (Å²) in [5, 5.41) is 8.84. The van der Waals surface area contributed by atoms with Crippen molar-refractivity contribution in [1.82, 2.24) is 4.72 Å². The molecule has 12 heteroatoms. The normalized spacial score (nSPS) is 12.3. The number of hydrogen-bond donors (Lipinski definition) is 3. The number of anilines is 1. The third-order valence-electron chi connectivity index (χ3n) is 5.02. The predicted octanol–water partition coefficient (Wildman–Crippen LogP) is 3.62. The highest BCUT2D eigenvalue weighted by molar-refractivity contribution is 7.89. The molecule has 0 unspecified atom stereocenters. The minimum atomic E-state index is -4.75. The lowest BCUT2D eigenvalue weighted by molar-refractivity contribution is -0.274. The lowest BCUT2D eigenvalue weighted by Gasteiger charge is -2.20. The second-order valence-electron chi connectivity index (χ2n) is 7.66. The van der Waals surface area contributed by atoms with Gasteiger partial charge < -0.3 is 21.1 Å². The molecule has 188 valence electrons. The summed E-state index contributed by atoms with van der Waals surface area (Å²) >= 11 is 0. The zero-order chi connectivity index (χ0) is 26.5. The Morgan fingerprint density at radius 3 is 2.11 bits per heavy atom. The van der Waals surface area contributed by atoms with Crippen molar-refractivity contribution < 1.29 is 26.3 Å². The van der Waals surface area contributed by atoms with Crippen LogP contribution in [0.4, 0.5) is 18.9 Å². The summed E-state index contributed by atoms with van der Waals surface area (Å²) in [4.78, 5) is 1.75. The lowest BCUT2D eigenvalue weighted by Crippen LogP contribution is -2.30. The SMILES string of the molecule is CN(Cc1ccc(/C(N)=C(/N)NS(=O)(=O)c2ccc(C#N)cc2)cc1)c1ccc(OC(F)(F)F)cc1. The summed E-state index contributed by atoms with van der Waals surface area (Å²) in [6.45, 7) is 0.435. The van der Waals surface area contributed by atoms with Crippen LogP contribution in [0.5, 0.6) is 5.75 Å². The number of halogens is 3. The first kappa shape index (κ1) is 26.2. The lowest BCUT2D eigenvalue weighted by atomic mass is 10.1. The number of ether oxygens (including phenoxy) is 1. The highest BCUT2D eigenvalue weighted by Gasteiger charge is 2.31. The summed E-state index contributed by atoms with van der Waals surface area (Å²) in [6, 6.07) is 19.6. The Balaban J connectivity index is 1.67. The molecule has 5 N–H and O–H groups in total. The molecule has 3 aromatic carbocycles. The first-order valence-corrected chi connectivity index (χ1v) is 11.8. The van der Waals surface area contributed by atoms with Gasteiger partial charge in [-0.3, -0.25) is 4.72 Å². The summed E-state index contributed by atoms with van der Waals surface area (Å²) in [5.41, 5.74) is 14.3. The number of nitrogens with one attached hydrogen (secondary N) is 1. The molecule has 0 atom stereocenters. The predicted molar refractivity (Wildman–Crippen MR) is 128 cm³/mol. The maximum atomic E-state index is 12.5. The van der Waals surface area contributed by atoms with E-state index in [4.69, 9.17) is 16.7 Å². The molecule has 0 aromatic heterocycles. The van der Waals surface area contributed by atoms with Crippen LogP contribution in [0, 0.1) is 11.3 Å². The fourth-order valence-electron chi connectivity index (χ4n) is 3.18. The van der Waals surface area contributed by atoms with Gasteiger partial charge in [0.15, 0.2) is 0 Å². The molecule has 0 amide bonds. The van der Waals surface area contributed by atoms with Crippen molar-refractivity contribution in [1.29, 1.82) is 5.26 Å². The summed E-state index contributed by atoms with van der Waals surface area (Å²) in [5.74, 6) is -0.566. The van der Waals surface area contributed by atoms with Gasteiger partial charge in [0.2, 0.25) is 0 Å². The number of nitriles is 1. The molecule has 0 heterocycles. The van der Waals surface area contributed by atoms with Crippen LogP contribution >= 0.6 is 0 Å². The Bertz CT molecular complexity index is 1380. The van der Waals surface area contributed by atoms with Crippen LogP contribution < -0.4 is 25.8 Å². The monoisotopic (exact) mass is 517 g/mol. The highest BCUT2D eigenvalue weighted by Crippen LogP contribution is 2.26. The van der Waals surface area contributed by atoms with Crippen molar-refractivity contribution in [3.05, 3.63) is 95.3 Å². The molecular formula is C24H22F3N5O3S. The van der Waals surface area contributed by atoms with E-state index in [2.05, 4.69) is 9.46 Å². The molecule has 36 heavy (non-hydrogen) atoms. The largest absolute Gasteiger partial charge is 0.573 e. The number of nitrogens with two attached hydrogens (primary N) is 2. The van der Waals surface area contributed by atoms with Gasteiger partial charge in [0, 0.05) is 24.8 Å². The van der Waals surface area contributed by atoms with Gasteiger partial charge in [-0.25, -0.2) is 8.42 Å². The summed E-state index contributed by atoms with van der Waals surface area (Å²) in [6.07, 6.45) is -4.75. The van der Waals surface area contributed by atoms with Gasteiger partial charge >= 0.3 is 6.36 Å². The smallest absolute Gasteiger partial charge is 0.406 e. The maximum Gasteiger partial charge on any atom is 0.573 e. The summed E-state index contributed by atoms with van der Waals surface area (Å²) < 4.78 is 68.1. The van der Waals surface area contributed by atoms with Crippen molar-refractivity contribution in [2.45, 2.75) is 17.8 Å². The van der Waals surface area contributed by atoms with Crippen LogP contribution in [0.15, 0.2) is 83.5 Å². The van der Waals surface area contributed by atoms with Gasteiger partial charge in [-0.05, 0) is 54.1 Å². The van der Waals surface area contributed by atoms with Crippen LogP contribution in [0.2, 0.25) is 0 Å². The first-order valence-electron chi connectivity index (χ1n) is 10.3. The maximum absolute atomic E-state index is 12.5. The molecule has 8 nitrogen and oxygen atoms in total. The molecule has 0 radical (unpaired) electrons. The third kappa shape index (κ3) is 6.83. The highest BCUT2D eigenvalue weighted by atomic mass is 32.2. The fourth-order valence-corrected chi connectivity index (χ4v) is 4.19. The van der Waals surface area contributed by atoms with Crippen molar-refractivity contribution in [3.63, 3.8) is 0 Å². The molecule has 0 fully saturated rings. The Morgan fingerprint density at radius 2 is 1.58 bits per heavy atom. The van der Waals surface area contributed by atoms with E-state index in [0.29, 0.717) is 23.4 Å². The first-order chi connectivity index (χ1) is 16.9. The minimum absolute atomic E-state index is 0.0207. The van der Waals surface area contributed by atoms with E-state index < -0.39 is 16.4 Å². The van der Waals surface area contributed by atoms with E-state index in [1.54, 1.807) is 31.3 Å². The van der Waals surface area contributed by atoms with E-state index in [1.165, 1.54) is 48.5 Å². The molecular weight excluding hydrogens is 495 g/mol. The summed E-state index contributed by atoms with van der Waals surface area (Å²) in [7, 11) is -2.23. The van der Waals surface area contributed by atoms with Gasteiger partial charge in [-0.15, -0.1) is 13.2 Å². The molecule has 0 spiro atoms. The van der Waals surface area contributed by atoms with E-state index in [0.717, 1.165) is 5.56 Å². The van der Waals surface area contributed by atoms with Crippen LogP contribution in [-0.4, -0.2) is 21.8 Å². The number of nitrogens with zero attached hydrogens (tertiary/aromatic N) is 2. The number of sulfonamides is 1. The quantitative estimate of drug-likeness (QED) is 0.415. The zero-order valence-electron chi connectivity index (χ0n) is 19.0. The molecule has 0 saturated heterocycles. The third-order valence-corrected chi connectivity index (χ3v) is 6.41. The Kier molecular flexibility index (Phi) is 7.65. The van der Waals surface area contributed by atoms with E-state index >= 15 is 0 Å². The molecule has 3 aromatic rings. The second kappa shape index (κ2) is 10.5. The van der Waals surface area contributed by atoms with Crippen molar-refractivity contribution >= 4 is 21.4 Å². The number of rotatable bonds is 8. The Labute approximate surface area is 206 Å². The van der Waals surface area contributed by atoms with Crippen molar-refractivity contribution in [3.8, 4) is 11.8 Å². The fraction of sp³-hybridized carbons (Fsp3) is 0.125. The molecule has 0 bridgehead atoms. The van der Waals surface area contributed by atoms with Crippen LogP contribution in [0.25, 0.3) is 5.70 Å². The number of alkyl halides is 3. The van der Waals surface area contributed by atoms with Crippen LogP contribution in [0.1, 0.15) is 16.7 Å². The van der Waals surface area contributed by atoms with E-state index in [-0.39, 0.29) is 22.2 Å². The van der Waals surface area contributed by atoms with Gasteiger partial charge in [-0.2, -0.15) is 5.26 Å². The van der Waals surface area contributed by atoms with Gasteiger partial charge in [-0.1, -0.05) is 24.3 Å². The van der Waals surface area contributed by atoms with Gasteiger partial charge in [0.1, 0.15) is 11.6 Å². The second-order valence-corrected chi connectivity index (χ2v) is 9.35. The standard InChI is InChI=1S/C24H22F3N5O3S/c1-32(19-8-10-20(11-9-19)35-24(25,26)27)15-17-2-6-18(7-3-17)22(29)23(30)31-36(33,34)21-12-4-16(14-28)5-13-21/h2-13,31H,15,29-30H2,1H3/b23-22+. The molecule has 3 rings (SSSR count). The molecule has 0 aliphatic rings. The van der Waals surface area contributed by atoms with Crippen LogP contribution in [0.3, 0.4) is 0 Å². The number of benzene rings is 3. The topological polar surface area (TPSA) is 134 Å². The van der Waals surface area contributed by atoms with E-state index in [1.807, 2.05) is 11.0 Å².